The van der Waals surface area contributed by atoms with Crippen molar-refractivity contribution >= 4 is 10.0 Å². The molecule has 0 heterocycles. The number of hydrogen-bond donors (Lipinski definition) is 2. The van der Waals surface area contributed by atoms with Crippen molar-refractivity contribution in [1.82, 2.24) is 4.72 Å². The maximum atomic E-state index is 12.2. The van der Waals surface area contributed by atoms with Crippen LogP contribution in [0.2, 0.25) is 0 Å². The van der Waals surface area contributed by atoms with Crippen LogP contribution < -0.4 is 10.5 Å². The van der Waals surface area contributed by atoms with Crippen LogP contribution in [-0.2, 0) is 10.0 Å². The molecule has 0 spiro atoms. The molecule has 5 heteroatoms. The summed E-state index contributed by atoms with van der Waals surface area (Å²) in [4.78, 5) is 0.370. The molecular weight excluding hydrogens is 260 g/mol. The Kier molecular flexibility index (Phi) is 4.60. The second kappa shape index (κ2) is 6.03. The van der Waals surface area contributed by atoms with Crippen LogP contribution in [0.4, 0.5) is 0 Å². The van der Waals surface area contributed by atoms with Crippen LogP contribution in [0.5, 0.6) is 0 Å². The van der Waals surface area contributed by atoms with Crippen LogP contribution in [0.3, 0.4) is 0 Å². The quantitative estimate of drug-likeness (QED) is 0.884. The minimum Gasteiger partial charge on any atom is -0.328 e. The van der Waals surface area contributed by atoms with Crippen molar-refractivity contribution < 1.29 is 8.42 Å². The molecule has 0 saturated heterocycles. The third-order valence-corrected chi connectivity index (χ3v) is 5.35. The molecule has 0 aliphatic heterocycles. The van der Waals surface area contributed by atoms with Crippen molar-refractivity contribution in [2.75, 3.05) is 6.54 Å². The Morgan fingerprint density at radius 2 is 2.05 bits per heavy atom. The van der Waals surface area contributed by atoms with Crippen molar-refractivity contribution in [1.29, 1.82) is 0 Å². The highest BCUT2D eigenvalue weighted by molar-refractivity contribution is 7.89. The lowest BCUT2D eigenvalue weighted by Crippen LogP contribution is -2.35. The number of hydrogen-bond acceptors (Lipinski definition) is 3. The molecule has 2 unspecified atom stereocenters. The molecule has 1 saturated carbocycles. The Balaban J connectivity index is 2.00. The summed E-state index contributed by atoms with van der Waals surface area (Å²) in [5.74, 6) is 0.363. The third-order valence-electron chi connectivity index (χ3n) is 3.77. The molecule has 1 aliphatic rings. The van der Waals surface area contributed by atoms with Crippen molar-refractivity contribution in [3.05, 3.63) is 29.8 Å². The van der Waals surface area contributed by atoms with Gasteiger partial charge in [0.15, 0.2) is 0 Å². The minimum atomic E-state index is -3.40. The maximum Gasteiger partial charge on any atom is 0.240 e. The highest BCUT2D eigenvalue weighted by atomic mass is 32.2. The van der Waals surface area contributed by atoms with Gasteiger partial charge >= 0.3 is 0 Å². The fourth-order valence-electron chi connectivity index (χ4n) is 2.68. The highest BCUT2D eigenvalue weighted by Crippen LogP contribution is 2.23. The molecule has 0 radical (unpaired) electrons. The van der Waals surface area contributed by atoms with E-state index in [1.54, 1.807) is 12.1 Å². The van der Waals surface area contributed by atoms with Gasteiger partial charge in [0, 0.05) is 12.6 Å². The van der Waals surface area contributed by atoms with Gasteiger partial charge in [-0.3, -0.25) is 0 Å². The second-order valence-corrected chi connectivity index (χ2v) is 7.15. The van der Waals surface area contributed by atoms with Gasteiger partial charge in [0.1, 0.15) is 0 Å². The van der Waals surface area contributed by atoms with Gasteiger partial charge in [-0.1, -0.05) is 24.6 Å². The van der Waals surface area contributed by atoms with Crippen molar-refractivity contribution in [2.24, 2.45) is 11.7 Å². The summed E-state index contributed by atoms with van der Waals surface area (Å²) in [5, 5.41) is 0. The van der Waals surface area contributed by atoms with E-state index in [1.807, 2.05) is 19.1 Å². The molecule has 3 N–H and O–H groups in total. The van der Waals surface area contributed by atoms with E-state index in [9.17, 15) is 8.42 Å². The van der Waals surface area contributed by atoms with Crippen LogP contribution >= 0.6 is 0 Å². The predicted octanol–water partition coefficient (Wildman–Crippen LogP) is 1.79. The zero-order chi connectivity index (χ0) is 13.9. The van der Waals surface area contributed by atoms with Gasteiger partial charge in [-0.15, -0.1) is 0 Å². The molecule has 2 rings (SSSR count). The molecule has 0 amide bonds. The molecular formula is C14H22N2O2S. The molecule has 0 bridgehead atoms. The number of aryl methyl sites for hydroxylation is 1. The lowest BCUT2D eigenvalue weighted by atomic mass is 9.86. The van der Waals surface area contributed by atoms with E-state index in [0.717, 1.165) is 31.2 Å². The standard InChI is InChI=1S/C14H22N2O2S/c1-11-5-2-3-8-14(11)19(17,18)16-10-12-6-4-7-13(15)9-12/h2-3,5,8,12-13,16H,4,6-7,9-10,15H2,1H3. The van der Waals surface area contributed by atoms with Gasteiger partial charge in [0.2, 0.25) is 10.0 Å². The average molecular weight is 282 g/mol. The van der Waals surface area contributed by atoms with Crippen LogP contribution in [0.15, 0.2) is 29.2 Å². The first-order valence-electron chi connectivity index (χ1n) is 6.80. The molecule has 1 aliphatic carbocycles. The molecule has 106 valence electrons. The summed E-state index contributed by atoms with van der Waals surface area (Å²) in [6.07, 6.45) is 4.12. The average Bonchev–Trinajstić information content (AvgIpc) is 2.37. The molecule has 1 aromatic carbocycles. The van der Waals surface area contributed by atoms with Gasteiger partial charge in [-0.25, -0.2) is 13.1 Å². The Morgan fingerprint density at radius 3 is 2.74 bits per heavy atom. The van der Waals surface area contributed by atoms with E-state index in [2.05, 4.69) is 4.72 Å². The van der Waals surface area contributed by atoms with E-state index in [0.29, 0.717) is 17.4 Å². The second-order valence-electron chi connectivity index (χ2n) is 5.41. The Hall–Kier alpha value is -0.910. The van der Waals surface area contributed by atoms with Crippen LogP contribution in [-0.4, -0.2) is 21.0 Å². The normalized spacial score (nSPS) is 24.3. The fourth-order valence-corrected chi connectivity index (χ4v) is 4.04. The maximum absolute atomic E-state index is 12.2. The summed E-state index contributed by atoms with van der Waals surface area (Å²) in [5.41, 5.74) is 6.70. The smallest absolute Gasteiger partial charge is 0.240 e. The lowest BCUT2D eigenvalue weighted by molar-refractivity contribution is 0.322. The van der Waals surface area contributed by atoms with E-state index < -0.39 is 10.0 Å². The van der Waals surface area contributed by atoms with Crippen molar-refractivity contribution in [3.8, 4) is 0 Å². The predicted molar refractivity (Wildman–Crippen MR) is 76.3 cm³/mol. The number of nitrogens with one attached hydrogen (secondary N) is 1. The first-order chi connectivity index (χ1) is 8.99. The van der Waals surface area contributed by atoms with Gasteiger partial charge in [-0.05, 0) is 43.7 Å². The largest absolute Gasteiger partial charge is 0.328 e. The molecule has 0 aromatic heterocycles. The van der Waals surface area contributed by atoms with Crippen molar-refractivity contribution in [2.45, 2.75) is 43.5 Å². The Labute approximate surface area is 115 Å². The molecule has 1 aromatic rings. The molecule has 1 fully saturated rings. The number of benzene rings is 1. The zero-order valence-electron chi connectivity index (χ0n) is 11.3. The van der Waals surface area contributed by atoms with Crippen LogP contribution in [0.1, 0.15) is 31.2 Å². The molecule has 19 heavy (non-hydrogen) atoms. The summed E-state index contributed by atoms with van der Waals surface area (Å²) in [6, 6.07) is 7.27. The topological polar surface area (TPSA) is 72.2 Å². The van der Waals surface area contributed by atoms with E-state index in [-0.39, 0.29) is 6.04 Å². The summed E-state index contributed by atoms with van der Waals surface area (Å²) in [6.45, 7) is 2.30. The monoisotopic (exact) mass is 282 g/mol. The Bertz CT molecular complexity index is 528. The minimum absolute atomic E-state index is 0.224. The van der Waals surface area contributed by atoms with Gasteiger partial charge in [-0.2, -0.15) is 0 Å². The lowest BCUT2D eigenvalue weighted by Gasteiger charge is -2.26. The SMILES string of the molecule is Cc1ccccc1S(=O)(=O)NCC1CCCC(N)C1. The van der Waals surface area contributed by atoms with Gasteiger partial charge < -0.3 is 5.73 Å². The summed E-state index contributed by atoms with van der Waals surface area (Å²) < 4.78 is 27.2. The zero-order valence-corrected chi connectivity index (χ0v) is 12.1. The van der Waals surface area contributed by atoms with Gasteiger partial charge in [0.05, 0.1) is 4.90 Å². The van der Waals surface area contributed by atoms with Crippen molar-refractivity contribution in [3.63, 3.8) is 0 Å². The van der Waals surface area contributed by atoms with Gasteiger partial charge in [0.25, 0.3) is 0 Å². The molecule has 4 nitrogen and oxygen atoms in total. The fraction of sp³-hybridized carbons (Fsp3) is 0.571. The van der Waals surface area contributed by atoms with E-state index in [4.69, 9.17) is 5.73 Å². The number of nitrogens with two attached hydrogens (primary N) is 1. The van der Waals surface area contributed by atoms with E-state index >= 15 is 0 Å². The number of sulfonamides is 1. The first kappa shape index (κ1) is 14.5. The van der Waals surface area contributed by atoms with Crippen LogP contribution in [0.25, 0.3) is 0 Å². The van der Waals surface area contributed by atoms with Crippen LogP contribution in [0, 0.1) is 12.8 Å². The van der Waals surface area contributed by atoms with E-state index in [1.165, 1.54) is 0 Å². The first-order valence-corrected chi connectivity index (χ1v) is 8.28. The summed E-state index contributed by atoms with van der Waals surface area (Å²) in [7, 11) is -3.40. The molecule has 2 atom stereocenters. The Morgan fingerprint density at radius 1 is 1.32 bits per heavy atom. The highest BCUT2D eigenvalue weighted by Gasteiger charge is 2.22. The number of rotatable bonds is 4. The third kappa shape index (κ3) is 3.78. The summed E-state index contributed by atoms with van der Waals surface area (Å²) >= 11 is 0.